The third-order valence-electron chi connectivity index (χ3n) is 9.62. The van der Waals surface area contributed by atoms with Gasteiger partial charge in [-0.3, -0.25) is 4.79 Å². The van der Waals surface area contributed by atoms with E-state index in [1.54, 1.807) is 25.2 Å². The van der Waals surface area contributed by atoms with E-state index in [0.29, 0.717) is 25.9 Å². The number of aliphatic hydroxyl groups excluding tert-OH is 1. The van der Waals surface area contributed by atoms with Gasteiger partial charge in [-0.05, 0) is 32.8 Å². The van der Waals surface area contributed by atoms with Crippen molar-refractivity contribution in [3.63, 3.8) is 0 Å². The Balaban J connectivity index is 1.55. The van der Waals surface area contributed by atoms with Gasteiger partial charge in [-0.2, -0.15) is 0 Å². The summed E-state index contributed by atoms with van der Waals surface area (Å²) in [6, 6.07) is 0. The molecular weight excluding hydrogens is 532 g/mol. The number of esters is 3. The molecule has 2 saturated heterocycles. The zero-order valence-electron chi connectivity index (χ0n) is 24.3. The fourth-order valence-corrected chi connectivity index (χ4v) is 7.17. The van der Waals surface area contributed by atoms with E-state index in [1.807, 2.05) is 26.8 Å². The monoisotopic (exact) mass is 572 g/mol. The van der Waals surface area contributed by atoms with Crippen LogP contribution in [-0.4, -0.2) is 85.1 Å². The quantitative estimate of drug-likeness (QED) is 0.228. The lowest BCUT2D eigenvalue weighted by molar-refractivity contribution is -0.239. The van der Waals surface area contributed by atoms with Crippen molar-refractivity contribution in [2.75, 3.05) is 19.8 Å². The first-order valence-electron chi connectivity index (χ1n) is 14.3. The van der Waals surface area contributed by atoms with E-state index in [-0.39, 0.29) is 19.3 Å². The zero-order chi connectivity index (χ0) is 29.6. The Hall–Kier alpha value is -2.79. The van der Waals surface area contributed by atoms with Gasteiger partial charge in [0.25, 0.3) is 0 Å². The molecule has 3 aliphatic heterocycles. The minimum atomic E-state index is -0.916. The molecule has 2 aliphatic carbocycles. The Morgan fingerprint density at radius 2 is 1.90 bits per heavy atom. The Kier molecular flexibility index (Phi) is 8.06. The van der Waals surface area contributed by atoms with Crippen LogP contribution in [0.3, 0.4) is 0 Å². The van der Waals surface area contributed by atoms with Crippen molar-refractivity contribution in [1.82, 2.24) is 0 Å². The molecule has 0 aromatic heterocycles. The van der Waals surface area contributed by atoms with Crippen molar-refractivity contribution >= 4 is 17.9 Å². The molecule has 1 unspecified atom stereocenters. The van der Waals surface area contributed by atoms with Crippen LogP contribution < -0.4 is 0 Å². The van der Waals surface area contributed by atoms with Crippen molar-refractivity contribution in [3.05, 3.63) is 47.6 Å². The highest BCUT2D eigenvalue weighted by atomic mass is 16.6. The van der Waals surface area contributed by atoms with Crippen molar-refractivity contribution in [3.8, 4) is 0 Å². The zero-order valence-corrected chi connectivity index (χ0v) is 24.3. The number of rotatable bonds is 2. The number of hydrogen-bond donors (Lipinski definition) is 1. The number of ether oxygens (including phenoxy) is 6. The van der Waals surface area contributed by atoms with Gasteiger partial charge in [-0.1, -0.05) is 36.8 Å². The summed E-state index contributed by atoms with van der Waals surface area (Å²) in [5.41, 5.74) is -0.846. The van der Waals surface area contributed by atoms with Gasteiger partial charge in [-0.15, -0.1) is 0 Å². The smallest absolute Gasteiger partial charge is 0.331 e. The first-order chi connectivity index (χ1) is 19.4. The molecule has 5 rings (SSSR count). The van der Waals surface area contributed by atoms with E-state index in [2.05, 4.69) is 0 Å². The van der Waals surface area contributed by atoms with E-state index in [1.165, 1.54) is 19.1 Å². The summed E-state index contributed by atoms with van der Waals surface area (Å²) in [6.45, 7) is 9.36. The van der Waals surface area contributed by atoms with Crippen LogP contribution in [0.5, 0.6) is 0 Å². The van der Waals surface area contributed by atoms with Crippen LogP contribution in [0.1, 0.15) is 53.9 Å². The molecule has 41 heavy (non-hydrogen) atoms. The maximum atomic E-state index is 13.1. The molecule has 2 spiro atoms. The van der Waals surface area contributed by atoms with E-state index < -0.39 is 64.9 Å². The Bertz CT molecular complexity index is 1190. The molecule has 0 amide bonds. The lowest BCUT2D eigenvalue weighted by Gasteiger charge is -2.59. The number of cyclic esters (lactones) is 1. The molecule has 9 atom stereocenters. The number of carbonyl (C=O) groups excluding carboxylic acids is 3. The summed E-state index contributed by atoms with van der Waals surface area (Å²) in [6.07, 6.45) is 7.43. The van der Waals surface area contributed by atoms with E-state index in [0.717, 1.165) is 11.1 Å². The first-order valence-corrected chi connectivity index (χ1v) is 14.3. The van der Waals surface area contributed by atoms with E-state index in [9.17, 15) is 19.5 Å². The number of carbonyl (C=O) groups is 3. The van der Waals surface area contributed by atoms with E-state index >= 15 is 0 Å². The van der Waals surface area contributed by atoms with Crippen molar-refractivity contribution in [1.29, 1.82) is 0 Å². The summed E-state index contributed by atoms with van der Waals surface area (Å²) in [7, 11) is 0. The minimum Gasteiger partial charge on any atom is -0.462 e. The first kappa shape index (κ1) is 29.7. The van der Waals surface area contributed by atoms with E-state index in [4.69, 9.17) is 28.4 Å². The van der Waals surface area contributed by atoms with Crippen LogP contribution in [0.4, 0.5) is 0 Å². The average molecular weight is 573 g/mol. The van der Waals surface area contributed by atoms with Crippen molar-refractivity contribution in [2.24, 2.45) is 10.8 Å². The van der Waals surface area contributed by atoms with Crippen molar-refractivity contribution < 1.29 is 47.9 Å². The summed E-state index contributed by atoms with van der Waals surface area (Å²) < 4.78 is 36.3. The molecule has 10 heteroatoms. The highest BCUT2D eigenvalue weighted by Crippen LogP contribution is 2.72. The van der Waals surface area contributed by atoms with Gasteiger partial charge >= 0.3 is 17.9 Å². The van der Waals surface area contributed by atoms with Crippen LogP contribution in [0.2, 0.25) is 0 Å². The lowest BCUT2D eigenvalue weighted by atomic mass is 9.51. The van der Waals surface area contributed by atoms with Gasteiger partial charge in [0.2, 0.25) is 0 Å². The molecular formula is C31H40O10. The van der Waals surface area contributed by atoms with Gasteiger partial charge in [0.05, 0.1) is 42.4 Å². The van der Waals surface area contributed by atoms with Crippen LogP contribution in [0.25, 0.3) is 0 Å². The molecule has 3 heterocycles. The number of epoxide rings is 1. The van der Waals surface area contributed by atoms with Crippen molar-refractivity contribution in [2.45, 2.75) is 96.1 Å². The second-order valence-corrected chi connectivity index (χ2v) is 12.1. The summed E-state index contributed by atoms with van der Waals surface area (Å²) in [4.78, 5) is 38.2. The SMILES string of the molecule is CC(=O)O[C@H]1C[C@@]23COC(=O)/C=C(\C)CCO[C@@H]([C@@H](C)O)/C=C/C=C\C(=O)O[C@@H]4C[C@@H](O[C@@H]2C=C1C)C1(CO1)[C@]43C. The van der Waals surface area contributed by atoms with Crippen LogP contribution >= 0.6 is 0 Å². The Labute approximate surface area is 240 Å². The van der Waals surface area contributed by atoms with Crippen LogP contribution in [0.15, 0.2) is 47.6 Å². The third-order valence-corrected chi connectivity index (χ3v) is 9.62. The largest absolute Gasteiger partial charge is 0.462 e. The maximum absolute atomic E-state index is 13.1. The highest BCUT2D eigenvalue weighted by molar-refractivity contribution is 5.83. The van der Waals surface area contributed by atoms with Crippen LogP contribution in [0, 0.1) is 10.8 Å². The fraction of sp³-hybridized carbons (Fsp3) is 0.645. The standard InChI is InChI=1S/C31H40O10/c1-18-10-11-36-22(20(3)32)8-6-7-9-27(34)41-24-14-26-31(17-38-31)29(24,5)30(16-37-28(35)12-18)15-23(39-21(4)33)19(2)13-25(30)40-26/h6-9,12-13,20,22-26,32H,10-11,14-17H2,1-5H3/b8-6+,9-7-,18-12+/t20-,22-,23+,24-,25-,26-,29-,30-,31?/m1/s1. The van der Waals surface area contributed by atoms with Gasteiger partial charge in [0, 0.05) is 31.9 Å². The lowest BCUT2D eigenvalue weighted by Crippen LogP contribution is -2.68. The predicted molar refractivity (Wildman–Crippen MR) is 145 cm³/mol. The van der Waals surface area contributed by atoms with Gasteiger partial charge in [0.15, 0.2) is 0 Å². The summed E-state index contributed by atoms with van der Waals surface area (Å²) in [5, 5.41) is 10.1. The number of aliphatic hydroxyl groups is 1. The Morgan fingerprint density at radius 3 is 2.59 bits per heavy atom. The Morgan fingerprint density at radius 1 is 1.15 bits per heavy atom. The van der Waals surface area contributed by atoms with Gasteiger partial charge in [0.1, 0.15) is 30.5 Å². The summed E-state index contributed by atoms with van der Waals surface area (Å²) in [5.74, 6) is -1.48. The maximum Gasteiger partial charge on any atom is 0.331 e. The highest BCUT2D eigenvalue weighted by Gasteiger charge is 2.83. The normalized spacial score (nSPS) is 44.5. The number of allylic oxidation sites excluding steroid dienone is 2. The average Bonchev–Trinajstić information content (AvgIpc) is 3.67. The molecule has 1 N–H and O–H groups in total. The summed E-state index contributed by atoms with van der Waals surface area (Å²) >= 11 is 0. The molecule has 224 valence electrons. The second-order valence-electron chi connectivity index (χ2n) is 12.1. The molecule has 1 saturated carbocycles. The predicted octanol–water partition coefficient (Wildman–Crippen LogP) is 2.88. The topological polar surface area (TPSA) is 130 Å². The molecule has 3 fully saturated rings. The molecule has 0 aromatic carbocycles. The molecule has 10 nitrogen and oxygen atoms in total. The second kappa shape index (κ2) is 11.1. The molecule has 2 bridgehead atoms. The van der Waals surface area contributed by atoms with Crippen LogP contribution in [-0.2, 0) is 42.8 Å². The minimum absolute atomic E-state index is 0.0522. The third kappa shape index (κ3) is 5.20. The molecule has 0 aromatic rings. The molecule has 5 aliphatic rings. The molecule has 0 radical (unpaired) electrons. The number of hydrogen-bond acceptors (Lipinski definition) is 10. The fourth-order valence-electron chi connectivity index (χ4n) is 7.17. The van der Waals surface area contributed by atoms with Gasteiger partial charge in [-0.25, -0.2) is 9.59 Å². The van der Waals surface area contributed by atoms with Gasteiger partial charge < -0.3 is 33.5 Å².